The van der Waals surface area contributed by atoms with Gasteiger partial charge >= 0.3 is 5.97 Å². The van der Waals surface area contributed by atoms with Gasteiger partial charge in [-0.3, -0.25) is 9.20 Å². The van der Waals surface area contributed by atoms with Crippen LogP contribution in [0.4, 0.5) is 0 Å². The van der Waals surface area contributed by atoms with E-state index in [9.17, 15) is 9.59 Å². The van der Waals surface area contributed by atoms with Crippen molar-refractivity contribution in [3.8, 4) is 0 Å². The molecule has 27 heavy (non-hydrogen) atoms. The first-order valence-corrected chi connectivity index (χ1v) is 8.38. The zero-order valence-electron chi connectivity index (χ0n) is 14.0. The quantitative estimate of drug-likeness (QED) is 0.509. The number of aromatic nitrogens is 3. The highest BCUT2D eigenvalue weighted by Gasteiger charge is 2.13. The molecule has 2 N–H and O–H groups in total. The van der Waals surface area contributed by atoms with Gasteiger partial charge in [-0.05, 0) is 29.2 Å². The van der Waals surface area contributed by atoms with E-state index in [4.69, 9.17) is 5.11 Å². The molecule has 0 spiro atoms. The average molecular weight is 355 g/mol. The predicted molar refractivity (Wildman–Crippen MR) is 103 cm³/mol. The van der Waals surface area contributed by atoms with E-state index < -0.39 is 5.97 Å². The zero-order valence-corrected chi connectivity index (χ0v) is 14.0. The Kier molecular flexibility index (Phi) is 3.14. The Balaban J connectivity index is 1.94. The molecule has 2 aromatic heterocycles. The van der Waals surface area contributed by atoms with Crippen LogP contribution < -0.4 is 10.8 Å². The number of carbonyl (C=O) groups is 1. The first kappa shape index (κ1) is 15.3. The number of imidazole rings is 1. The minimum Gasteiger partial charge on any atom is -0.478 e. The van der Waals surface area contributed by atoms with Crippen molar-refractivity contribution in [1.29, 1.82) is 0 Å². The number of H-pyrrole nitrogens is 1. The third-order valence-electron chi connectivity index (χ3n) is 4.77. The molecule has 0 unspecified atom stereocenters. The monoisotopic (exact) mass is 355 g/mol. The van der Waals surface area contributed by atoms with Crippen molar-refractivity contribution in [2.75, 3.05) is 0 Å². The maximum Gasteiger partial charge on any atom is 0.335 e. The molecule has 3 aromatic carbocycles. The molecule has 5 aromatic rings. The summed E-state index contributed by atoms with van der Waals surface area (Å²) in [7, 11) is 0. The third-order valence-corrected chi connectivity index (χ3v) is 4.77. The van der Waals surface area contributed by atoms with Gasteiger partial charge in [0.2, 0.25) is 5.65 Å². The molecule has 0 aliphatic carbocycles. The summed E-state index contributed by atoms with van der Waals surface area (Å²) in [5.41, 5.74) is 2.84. The molecule has 6 nitrogen and oxygen atoms in total. The molecule has 0 atom stereocenters. The molecule has 0 aliphatic rings. The Bertz CT molecular complexity index is 1460. The van der Waals surface area contributed by atoms with Crippen LogP contribution in [-0.2, 0) is 0 Å². The highest BCUT2D eigenvalue weighted by molar-refractivity contribution is 6.10. The molecular formula is C21H13N3O3. The van der Waals surface area contributed by atoms with Gasteiger partial charge < -0.3 is 10.1 Å². The molecule has 5 rings (SSSR count). The molecule has 0 aliphatic heterocycles. The van der Waals surface area contributed by atoms with Crippen LogP contribution in [0.1, 0.15) is 15.9 Å². The first-order chi connectivity index (χ1) is 13.1. The summed E-state index contributed by atoms with van der Waals surface area (Å²) >= 11 is 0. The summed E-state index contributed by atoms with van der Waals surface area (Å²) in [5, 5.41) is 12.0. The van der Waals surface area contributed by atoms with E-state index in [0.717, 1.165) is 32.6 Å². The summed E-state index contributed by atoms with van der Waals surface area (Å²) in [4.78, 5) is 30.5. The van der Waals surface area contributed by atoms with Crippen LogP contribution in [0.15, 0.2) is 65.7 Å². The largest absolute Gasteiger partial charge is 0.478 e. The zero-order chi connectivity index (χ0) is 18.5. The molecule has 0 amide bonds. The van der Waals surface area contributed by atoms with Gasteiger partial charge in [-0.2, -0.15) is 0 Å². The van der Waals surface area contributed by atoms with E-state index in [2.05, 4.69) is 9.97 Å². The maximum atomic E-state index is 12.4. The minimum atomic E-state index is -0.955. The average Bonchev–Trinajstić information content (AvgIpc) is 3.27. The smallest absolute Gasteiger partial charge is 0.335 e. The van der Waals surface area contributed by atoms with Gasteiger partial charge in [0, 0.05) is 23.0 Å². The van der Waals surface area contributed by atoms with E-state index in [1.54, 1.807) is 41.1 Å². The molecular weight excluding hydrogens is 342 g/mol. The minimum absolute atomic E-state index is 0.236. The van der Waals surface area contributed by atoms with Gasteiger partial charge in [-0.15, -0.1) is 0 Å². The molecule has 0 saturated heterocycles. The van der Waals surface area contributed by atoms with Crippen LogP contribution in [0, 0.1) is 0 Å². The molecule has 0 saturated carbocycles. The Morgan fingerprint density at radius 2 is 1.81 bits per heavy atom. The number of benzene rings is 2. The maximum absolute atomic E-state index is 12.4. The Labute approximate surface area is 152 Å². The number of hydrogen-bond donors (Lipinski definition) is 2. The predicted octanol–water partition coefficient (Wildman–Crippen LogP) is 2.57. The number of aromatic amines is 1. The van der Waals surface area contributed by atoms with Crippen molar-refractivity contribution < 1.29 is 9.90 Å². The first-order valence-electron chi connectivity index (χ1n) is 8.38. The van der Waals surface area contributed by atoms with Gasteiger partial charge in [0.15, 0.2) is 0 Å². The number of nitrogens with zero attached hydrogens (tertiary/aromatic N) is 2. The van der Waals surface area contributed by atoms with Crippen LogP contribution in [0.5, 0.6) is 0 Å². The van der Waals surface area contributed by atoms with Crippen LogP contribution in [0.3, 0.4) is 0 Å². The summed E-state index contributed by atoms with van der Waals surface area (Å²) < 4.78 is 1.80. The van der Waals surface area contributed by atoms with E-state index in [-0.39, 0.29) is 11.1 Å². The van der Waals surface area contributed by atoms with Crippen LogP contribution >= 0.6 is 0 Å². The topological polar surface area (TPSA) is 87.5 Å². The third kappa shape index (κ3) is 2.23. The normalized spacial score (nSPS) is 12.4. The number of nitrogens with one attached hydrogen (secondary N) is 1. The van der Waals surface area contributed by atoms with Crippen molar-refractivity contribution in [2.24, 2.45) is 0 Å². The summed E-state index contributed by atoms with van der Waals surface area (Å²) in [5.74, 6) is -0.955. The highest BCUT2D eigenvalue weighted by atomic mass is 16.4. The number of hydrogen-bond acceptors (Lipinski definition) is 3. The molecule has 2 heterocycles. The van der Waals surface area contributed by atoms with Crippen LogP contribution in [-0.4, -0.2) is 25.4 Å². The molecule has 6 heteroatoms. The lowest BCUT2D eigenvalue weighted by molar-refractivity contribution is 0.0697. The second kappa shape index (κ2) is 5.54. The Morgan fingerprint density at radius 1 is 1.07 bits per heavy atom. The number of fused-ring (bicyclic) bond motifs is 5. The van der Waals surface area contributed by atoms with Gasteiger partial charge in [-0.25, -0.2) is 9.78 Å². The van der Waals surface area contributed by atoms with Crippen molar-refractivity contribution in [1.82, 2.24) is 14.4 Å². The second-order valence-corrected chi connectivity index (χ2v) is 6.33. The number of rotatable bonds is 2. The van der Waals surface area contributed by atoms with E-state index in [1.807, 2.05) is 30.3 Å². The van der Waals surface area contributed by atoms with Gasteiger partial charge in [0.05, 0.1) is 16.6 Å². The van der Waals surface area contributed by atoms with E-state index in [0.29, 0.717) is 5.65 Å². The molecule has 0 radical (unpaired) electrons. The lowest BCUT2D eigenvalue weighted by Gasteiger charge is -1.99. The van der Waals surface area contributed by atoms with E-state index in [1.165, 1.54) is 0 Å². The fourth-order valence-corrected chi connectivity index (χ4v) is 3.56. The second-order valence-electron chi connectivity index (χ2n) is 6.33. The fraction of sp³-hybridized carbons (Fsp3) is 0. The van der Waals surface area contributed by atoms with Crippen molar-refractivity contribution in [3.63, 3.8) is 0 Å². The summed E-state index contributed by atoms with van der Waals surface area (Å²) in [6, 6.07) is 14.6. The van der Waals surface area contributed by atoms with Crippen LogP contribution in [0.2, 0.25) is 0 Å². The number of carboxylic acid groups (broad SMARTS) is 1. The summed E-state index contributed by atoms with van der Waals surface area (Å²) in [6.45, 7) is 0. The van der Waals surface area contributed by atoms with Gasteiger partial charge in [0.25, 0.3) is 5.56 Å². The fourth-order valence-electron chi connectivity index (χ4n) is 3.56. The van der Waals surface area contributed by atoms with Gasteiger partial charge in [0.1, 0.15) is 0 Å². The molecule has 0 fully saturated rings. The van der Waals surface area contributed by atoms with Crippen molar-refractivity contribution in [2.45, 2.75) is 0 Å². The number of aromatic carboxylic acids is 1. The SMILES string of the molecule is O=C(O)c1ccc(/C=c2\c3ccccc3c3[nH]c(=O)c4nccn4c23)cc1. The lowest BCUT2D eigenvalue weighted by atomic mass is 10.1. The highest BCUT2D eigenvalue weighted by Crippen LogP contribution is 2.22. The van der Waals surface area contributed by atoms with Crippen molar-refractivity contribution in [3.05, 3.63) is 87.6 Å². The summed E-state index contributed by atoms with van der Waals surface area (Å²) in [6.07, 6.45) is 5.37. The molecule has 0 bridgehead atoms. The molecule has 130 valence electrons. The van der Waals surface area contributed by atoms with E-state index >= 15 is 0 Å². The Morgan fingerprint density at radius 3 is 2.56 bits per heavy atom. The Hall–Kier alpha value is -3.93. The van der Waals surface area contributed by atoms with Crippen molar-refractivity contribution >= 4 is 39.5 Å². The standard InChI is InChI=1S/C21H13N3O3/c25-20-19-22-9-10-24(19)18-16(11-12-5-7-13(8-6-12)21(26)27)14-3-1-2-4-15(14)17(18)23-20/h1-11H,(H,23,25)(H,26,27)/b16-11+. The number of carboxylic acids is 1. The lowest BCUT2D eigenvalue weighted by Crippen LogP contribution is -2.13. The van der Waals surface area contributed by atoms with Crippen LogP contribution in [0.25, 0.3) is 33.5 Å². The van der Waals surface area contributed by atoms with Gasteiger partial charge in [-0.1, -0.05) is 36.4 Å².